The lowest BCUT2D eigenvalue weighted by Crippen LogP contribution is -2.14. The van der Waals surface area contributed by atoms with Crippen molar-refractivity contribution in [3.05, 3.63) is 190 Å². The third-order valence-corrected chi connectivity index (χ3v) is 12.6. The van der Waals surface area contributed by atoms with Gasteiger partial charge in [0.25, 0.3) is 0 Å². The first-order valence-electron chi connectivity index (χ1n) is 22.5. The third kappa shape index (κ3) is 7.82. The largest absolute Gasteiger partial charge is 0.465 e. The first kappa shape index (κ1) is 40.4. The molecule has 4 aliphatic rings. The van der Waals surface area contributed by atoms with Crippen LogP contribution >= 0.6 is 0 Å². The van der Waals surface area contributed by atoms with Gasteiger partial charge in [-0.15, -0.1) is 0 Å². The summed E-state index contributed by atoms with van der Waals surface area (Å²) in [6.07, 6.45) is 11.0. The van der Waals surface area contributed by atoms with Crippen molar-refractivity contribution in [2.45, 2.75) is 25.7 Å². The van der Waals surface area contributed by atoms with Gasteiger partial charge in [-0.05, 0) is 151 Å². The maximum absolute atomic E-state index is 12.5. The first-order valence-corrected chi connectivity index (χ1v) is 22.5. The molecule has 0 fully saturated rings. The normalized spacial score (nSPS) is 13.5. The Morgan fingerprint density at radius 1 is 0.544 bits per heavy atom. The molecule has 0 saturated carbocycles. The second kappa shape index (κ2) is 16.1. The number of hydrogen-bond donors (Lipinski definition) is 4. The standard InChI is InChI=1S/C58H42N8O2/c1-58(2)33-48-31-52-38(26-53(66-52)56(36-10-12-37(13-11-36)57(67)68-3)51-25-22-46(64-51)30-43-18-19-47(61-43)32-54(58)65-48)9-6-34-4-7-35(8-5-34)55-49-23-20-44(62-49)28-41-16-14-39(59-41)27-40-15-17-42(60-40)29-45-21-24-50(55)63-45/h4-5,7-8,10-32,59-61,64H,33H2,1-3H3. The van der Waals surface area contributed by atoms with Gasteiger partial charge >= 0.3 is 5.97 Å². The van der Waals surface area contributed by atoms with Crippen molar-refractivity contribution in [3.63, 3.8) is 0 Å². The number of rotatable bonds is 3. The number of nitrogens with one attached hydrogen (secondary N) is 4. The number of methoxy groups -OCH3 is 1. The molecule has 0 atom stereocenters. The van der Waals surface area contributed by atoms with Gasteiger partial charge in [-0.1, -0.05) is 50.0 Å². The SMILES string of the molecule is COC(=O)c1ccc(-c2c3nc(cc4nc(cc5ccc(cc6ccc2[nH]6)[nH]5)C(C)(C)C4)C(C#Cc2ccc(-c4c5nc(cc6ccc(cc7ccc(cc8nc4C=C8)[nH]7)[nH]6)C=C5)cc2)=C3)cc1. The Labute approximate surface area is 391 Å². The van der Waals surface area contributed by atoms with Crippen molar-refractivity contribution in [2.24, 2.45) is 0 Å². The van der Waals surface area contributed by atoms with Crippen molar-refractivity contribution in [1.29, 1.82) is 0 Å². The predicted molar refractivity (Wildman–Crippen MR) is 274 cm³/mol. The van der Waals surface area contributed by atoms with Crippen molar-refractivity contribution in [3.8, 4) is 34.1 Å². The quantitative estimate of drug-likeness (QED) is 0.103. The number of ether oxygens (including phenoxy) is 1. The molecule has 10 heteroatoms. The molecule has 10 nitrogen and oxygen atoms in total. The van der Waals surface area contributed by atoms with E-state index in [2.05, 4.69) is 155 Å². The number of H-pyrrole nitrogens is 4. The number of carbonyl (C=O) groups is 1. The van der Waals surface area contributed by atoms with Crippen LogP contribution in [-0.2, 0) is 16.6 Å². The van der Waals surface area contributed by atoms with Crippen molar-refractivity contribution >= 4 is 86.1 Å². The Bertz CT molecular complexity index is 3830. The van der Waals surface area contributed by atoms with Gasteiger partial charge in [-0.25, -0.2) is 19.7 Å². The molecular formula is C58H42N8O2. The zero-order valence-corrected chi connectivity index (χ0v) is 37.4. The number of aromatic amines is 4. The molecule has 12 rings (SSSR count). The van der Waals surface area contributed by atoms with E-state index in [0.29, 0.717) is 5.56 Å². The van der Waals surface area contributed by atoms with E-state index in [1.165, 1.54) is 7.11 Å². The maximum atomic E-state index is 12.5. The molecular weight excluding hydrogens is 841 g/mol. The molecule has 0 unspecified atom stereocenters. The molecule has 68 heavy (non-hydrogen) atoms. The van der Waals surface area contributed by atoms with E-state index in [1.54, 1.807) is 12.1 Å². The van der Waals surface area contributed by atoms with Crippen LogP contribution in [0, 0.1) is 11.8 Å². The second-order valence-electron chi connectivity index (χ2n) is 17.9. The number of esters is 1. The number of benzene rings is 2. The summed E-state index contributed by atoms with van der Waals surface area (Å²) in [5, 5.41) is 0. The Morgan fingerprint density at radius 3 is 1.71 bits per heavy atom. The van der Waals surface area contributed by atoms with Gasteiger partial charge in [-0.2, -0.15) is 0 Å². The number of allylic oxidation sites excluding steroid dienone is 1. The lowest BCUT2D eigenvalue weighted by atomic mass is 9.87. The van der Waals surface area contributed by atoms with Crippen LogP contribution in [0.25, 0.3) is 102 Å². The van der Waals surface area contributed by atoms with Crippen LogP contribution in [0.5, 0.6) is 0 Å². The van der Waals surface area contributed by atoms with Crippen molar-refractivity contribution in [2.75, 3.05) is 7.11 Å². The van der Waals surface area contributed by atoms with Crippen LogP contribution in [0.1, 0.15) is 75.3 Å². The van der Waals surface area contributed by atoms with Crippen LogP contribution in [0.2, 0.25) is 0 Å². The summed E-state index contributed by atoms with van der Waals surface area (Å²) in [4.78, 5) is 47.2. The predicted octanol–water partition coefficient (Wildman–Crippen LogP) is 12.5. The molecule has 8 aromatic rings. The molecule has 4 aliphatic heterocycles. The van der Waals surface area contributed by atoms with Gasteiger partial charge in [0.05, 0.1) is 52.4 Å². The van der Waals surface area contributed by atoms with Crippen molar-refractivity contribution < 1.29 is 9.53 Å². The minimum atomic E-state index is -0.397. The van der Waals surface area contributed by atoms with Gasteiger partial charge in [0.15, 0.2) is 0 Å². The minimum Gasteiger partial charge on any atom is -0.465 e. The zero-order chi connectivity index (χ0) is 45.9. The molecule has 4 N–H and O–H groups in total. The summed E-state index contributed by atoms with van der Waals surface area (Å²) in [6, 6.07) is 44.7. The number of nitrogens with zero attached hydrogens (tertiary/aromatic N) is 4. The summed E-state index contributed by atoms with van der Waals surface area (Å²) in [6.45, 7) is 4.44. The molecule has 10 heterocycles. The number of hydrogen-bond acceptors (Lipinski definition) is 6. The molecule has 6 aromatic heterocycles. The highest BCUT2D eigenvalue weighted by atomic mass is 16.5. The molecule has 0 amide bonds. The van der Waals surface area contributed by atoms with E-state index in [4.69, 9.17) is 24.7 Å². The highest BCUT2D eigenvalue weighted by Gasteiger charge is 2.29. The fourth-order valence-corrected chi connectivity index (χ4v) is 9.18. The van der Waals surface area contributed by atoms with E-state index < -0.39 is 5.97 Å². The minimum absolute atomic E-state index is 0.194. The number of fused-ring (bicyclic) bond motifs is 16. The smallest absolute Gasteiger partial charge is 0.337 e. The van der Waals surface area contributed by atoms with Gasteiger partial charge in [0.1, 0.15) is 0 Å². The summed E-state index contributed by atoms with van der Waals surface area (Å²) in [5.41, 5.74) is 19.9. The zero-order valence-electron chi connectivity index (χ0n) is 37.4. The summed E-state index contributed by atoms with van der Waals surface area (Å²) >= 11 is 0. The van der Waals surface area contributed by atoms with E-state index in [0.717, 1.165) is 129 Å². The Balaban J connectivity index is 0.991. The van der Waals surface area contributed by atoms with Gasteiger partial charge in [0, 0.05) is 84.0 Å². The number of carbonyl (C=O) groups excluding carboxylic acids is 1. The summed E-state index contributed by atoms with van der Waals surface area (Å²) in [5.74, 6) is 6.58. The Morgan fingerprint density at radius 2 is 1.09 bits per heavy atom. The topological polar surface area (TPSA) is 141 Å². The van der Waals surface area contributed by atoms with E-state index >= 15 is 0 Å². The van der Waals surface area contributed by atoms with Crippen LogP contribution in [-0.4, -0.2) is 53.0 Å². The lowest BCUT2D eigenvalue weighted by Gasteiger charge is -2.15. The first-order chi connectivity index (χ1) is 33.1. The average Bonchev–Trinajstić information content (AvgIpc) is 4.20. The van der Waals surface area contributed by atoms with E-state index in [9.17, 15) is 4.79 Å². The van der Waals surface area contributed by atoms with E-state index in [-0.39, 0.29) is 5.41 Å². The van der Waals surface area contributed by atoms with Gasteiger partial charge in [0.2, 0.25) is 0 Å². The van der Waals surface area contributed by atoms with Crippen LogP contribution in [0.3, 0.4) is 0 Å². The highest BCUT2D eigenvalue weighted by molar-refractivity contribution is 5.99. The van der Waals surface area contributed by atoms with Crippen LogP contribution in [0.15, 0.2) is 133 Å². The second-order valence-corrected chi connectivity index (χ2v) is 17.9. The fourth-order valence-electron chi connectivity index (χ4n) is 9.18. The van der Waals surface area contributed by atoms with Crippen molar-refractivity contribution in [1.82, 2.24) is 39.9 Å². The molecule has 16 bridgehead atoms. The molecule has 326 valence electrons. The maximum Gasteiger partial charge on any atom is 0.337 e. The Kier molecular flexibility index (Phi) is 9.59. The van der Waals surface area contributed by atoms with Crippen LogP contribution in [0.4, 0.5) is 0 Å². The van der Waals surface area contributed by atoms with Crippen LogP contribution < -0.4 is 0 Å². The lowest BCUT2D eigenvalue weighted by molar-refractivity contribution is 0.0600. The van der Waals surface area contributed by atoms with Gasteiger partial charge < -0.3 is 24.7 Å². The fraction of sp³-hybridized carbons (Fsp3) is 0.0862. The molecule has 0 saturated heterocycles. The van der Waals surface area contributed by atoms with E-state index in [1.807, 2.05) is 42.5 Å². The molecule has 0 spiro atoms. The molecule has 0 aliphatic carbocycles. The summed E-state index contributed by atoms with van der Waals surface area (Å²) < 4.78 is 5.01. The average molecular weight is 883 g/mol. The molecule has 2 aromatic carbocycles. The third-order valence-electron chi connectivity index (χ3n) is 12.6. The highest BCUT2D eigenvalue weighted by Crippen LogP contribution is 2.36. The van der Waals surface area contributed by atoms with Gasteiger partial charge in [-0.3, -0.25) is 4.98 Å². The summed E-state index contributed by atoms with van der Waals surface area (Å²) in [7, 11) is 1.39. The molecule has 0 radical (unpaired) electrons. The monoisotopic (exact) mass is 882 g/mol. The Hall–Kier alpha value is -9.07. The number of aromatic nitrogens is 8.